The van der Waals surface area contributed by atoms with Crippen LogP contribution in [0.3, 0.4) is 0 Å². The summed E-state index contributed by atoms with van der Waals surface area (Å²) in [5.74, 6) is 0. The van der Waals surface area contributed by atoms with Crippen molar-refractivity contribution >= 4 is 16.8 Å². The minimum Gasteiger partial charge on any atom is -0.370 e. The number of benzene rings is 3. The molecule has 1 saturated heterocycles. The lowest BCUT2D eigenvalue weighted by molar-refractivity contribution is -0.137. The molecule has 30 heavy (non-hydrogen) atoms. The maximum atomic E-state index is 12.8. The fourth-order valence-electron chi connectivity index (χ4n) is 3.65. The van der Waals surface area contributed by atoms with E-state index in [1.54, 1.807) is 4.90 Å². The van der Waals surface area contributed by atoms with Crippen LogP contribution in [0.1, 0.15) is 22.8 Å². The van der Waals surface area contributed by atoms with Crippen molar-refractivity contribution in [3.63, 3.8) is 0 Å². The van der Waals surface area contributed by atoms with E-state index in [4.69, 9.17) is 4.74 Å². The zero-order valence-electron chi connectivity index (χ0n) is 16.2. The number of carbonyl (C=O) groups excluding carboxylic acids is 1. The Morgan fingerprint density at radius 1 is 1.03 bits per heavy atom. The molecule has 1 atom stereocenters. The summed E-state index contributed by atoms with van der Waals surface area (Å²) < 4.78 is 44.0. The predicted octanol–water partition coefficient (Wildman–Crippen LogP) is 5.14. The number of alkyl halides is 3. The second kappa shape index (κ2) is 8.36. The molecule has 0 aromatic heterocycles. The van der Waals surface area contributed by atoms with Crippen LogP contribution in [0.5, 0.6) is 0 Å². The van der Waals surface area contributed by atoms with Crippen LogP contribution in [0.15, 0.2) is 66.7 Å². The minimum absolute atomic E-state index is 0.219. The Labute approximate surface area is 172 Å². The van der Waals surface area contributed by atoms with Gasteiger partial charge in [-0.1, -0.05) is 54.6 Å². The molecule has 4 nitrogen and oxygen atoms in total. The minimum atomic E-state index is -4.38. The molecular weight excluding hydrogens is 393 g/mol. The topological polar surface area (TPSA) is 41.6 Å². The molecule has 1 aliphatic heterocycles. The van der Waals surface area contributed by atoms with Crippen LogP contribution < -0.4 is 5.32 Å². The van der Waals surface area contributed by atoms with Crippen LogP contribution in [-0.2, 0) is 17.5 Å². The number of urea groups is 1. The van der Waals surface area contributed by atoms with E-state index in [9.17, 15) is 18.0 Å². The molecule has 1 fully saturated rings. The molecule has 4 rings (SSSR count). The maximum Gasteiger partial charge on any atom is 0.416 e. The summed E-state index contributed by atoms with van der Waals surface area (Å²) in [6.45, 7) is 1.43. The third kappa shape index (κ3) is 4.41. The zero-order chi connectivity index (χ0) is 21.1. The van der Waals surface area contributed by atoms with E-state index in [0.717, 1.165) is 28.5 Å². The summed E-state index contributed by atoms with van der Waals surface area (Å²) in [6.07, 6.45) is -4.83. The molecular formula is C23H21F3N2O2. The number of nitrogens with zero attached hydrogens (tertiary/aromatic N) is 1. The van der Waals surface area contributed by atoms with Gasteiger partial charge in [0, 0.05) is 13.1 Å². The molecule has 0 aliphatic carbocycles. The number of hydrogen-bond donors (Lipinski definition) is 1. The van der Waals surface area contributed by atoms with Crippen molar-refractivity contribution in [1.82, 2.24) is 10.2 Å². The van der Waals surface area contributed by atoms with E-state index < -0.39 is 17.8 Å². The van der Waals surface area contributed by atoms with Gasteiger partial charge in [0.15, 0.2) is 0 Å². The molecule has 2 amide bonds. The van der Waals surface area contributed by atoms with Crippen molar-refractivity contribution in [1.29, 1.82) is 0 Å². The zero-order valence-corrected chi connectivity index (χ0v) is 16.2. The van der Waals surface area contributed by atoms with Crippen molar-refractivity contribution in [3.8, 4) is 0 Å². The van der Waals surface area contributed by atoms with Crippen LogP contribution in [-0.4, -0.2) is 30.6 Å². The van der Waals surface area contributed by atoms with Gasteiger partial charge in [-0.25, -0.2) is 4.79 Å². The number of rotatable bonds is 3. The van der Waals surface area contributed by atoms with Crippen LogP contribution >= 0.6 is 0 Å². The normalized spacial score (nSPS) is 17.2. The lowest BCUT2D eigenvalue weighted by Gasteiger charge is -2.33. The van der Waals surface area contributed by atoms with Crippen molar-refractivity contribution in [2.45, 2.75) is 18.8 Å². The highest BCUT2D eigenvalue weighted by Gasteiger charge is 2.31. The molecule has 0 radical (unpaired) electrons. The van der Waals surface area contributed by atoms with Gasteiger partial charge in [-0.15, -0.1) is 0 Å². The Bertz CT molecular complexity index is 1030. The molecule has 1 aliphatic rings. The molecule has 0 unspecified atom stereocenters. The first-order chi connectivity index (χ1) is 14.4. The Kier molecular flexibility index (Phi) is 5.63. The highest BCUT2D eigenvalue weighted by atomic mass is 19.4. The molecule has 0 spiro atoms. The van der Waals surface area contributed by atoms with E-state index in [1.807, 2.05) is 42.5 Å². The number of hydrogen-bond acceptors (Lipinski definition) is 2. The Morgan fingerprint density at radius 2 is 1.77 bits per heavy atom. The third-order valence-corrected chi connectivity index (χ3v) is 5.27. The van der Waals surface area contributed by atoms with Crippen molar-refractivity contribution in [2.24, 2.45) is 0 Å². The van der Waals surface area contributed by atoms with Crippen LogP contribution in [0.2, 0.25) is 0 Å². The number of ether oxygens (including phenoxy) is 1. The molecule has 3 aromatic carbocycles. The lowest BCUT2D eigenvalue weighted by Crippen LogP contribution is -2.47. The van der Waals surface area contributed by atoms with Crippen LogP contribution in [0.25, 0.3) is 10.8 Å². The predicted molar refractivity (Wildman–Crippen MR) is 108 cm³/mol. The van der Waals surface area contributed by atoms with E-state index in [0.29, 0.717) is 25.3 Å². The maximum absolute atomic E-state index is 12.8. The van der Waals surface area contributed by atoms with Crippen molar-refractivity contribution in [3.05, 3.63) is 83.4 Å². The molecule has 1 N–H and O–H groups in total. The van der Waals surface area contributed by atoms with Gasteiger partial charge in [-0.05, 0) is 34.0 Å². The molecule has 7 heteroatoms. The SMILES string of the molecule is O=C(NCc1cccc2ccccc12)N1CCO[C@H](c2ccc(C(F)(F)F)cc2)C1. The Hall–Kier alpha value is -3.06. The first kappa shape index (κ1) is 20.2. The first-order valence-corrected chi connectivity index (χ1v) is 9.70. The molecule has 0 bridgehead atoms. The van der Waals surface area contributed by atoms with Crippen LogP contribution in [0, 0.1) is 0 Å². The number of nitrogens with one attached hydrogen (secondary N) is 1. The molecule has 0 saturated carbocycles. The van der Waals surface area contributed by atoms with Gasteiger partial charge in [-0.2, -0.15) is 13.2 Å². The smallest absolute Gasteiger partial charge is 0.370 e. The van der Waals surface area contributed by atoms with Crippen LogP contribution in [0.4, 0.5) is 18.0 Å². The van der Waals surface area contributed by atoms with E-state index in [1.165, 1.54) is 12.1 Å². The summed E-state index contributed by atoms with van der Waals surface area (Å²) in [4.78, 5) is 14.3. The second-order valence-electron chi connectivity index (χ2n) is 7.22. The highest BCUT2D eigenvalue weighted by Crippen LogP contribution is 2.31. The number of fused-ring (bicyclic) bond motifs is 1. The number of morpholine rings is 1. The standard InChI is InChI=1S/C23H21F3N2O2/c24-23(25,26)19-10-8-17(9-11-19)21-15-28(12-13-30-21)22(29)27-14-18-6-3-5-16-4-1-2-7-20(16)18/h1-11,21H,12-15H2,(H,27,29)/t21-/m0/s1. The fourth-order valence-corrected chi connectivity index (χ4v) is 3.65. The van der Waals surface area contributed by atoms with E-state index >= 15 is 0 Å². The van der Waals surface area contributed by atoms with Crippen molar-refractivity contribution in [2.75, 3.05) is 19.7 Å². The number of amides is 2. The van der Waals surface area contributed by atoms with Gasteiger partial charge in [0.25, 0.3) is 0 Å². The summed E-state index contributed by atoms with van der Waals surface area (Å²) in [5, 5.41) is 5.14. The average molecular weight is 414 g/mol. The van der Waals surface area contributed by atoms with Gasteiger partial charge >= 0.3 is 12.2 Å². The molecule has 156 valence electrons. The Balaban J connectivity index is 1.40. The fraction of sp³-hybridized carbons (Fsp3) is 0.261. The molecule has 1 heterocycles. The summed E-state index contributed by atoms with van der Waals surface area (Å²) >= 11 is 0. The second-order valence-corrected chi connectivity index (χ2v) is 7.22. The van der Waals surface area contributed by atoms with Gasteiger partial charge in [0.2, 0.25) is 0 Å². The largest absolute Gasteiger partial charge is 0.416 e. The van der Waals surface area contributed by atoms with Gasteiger partial charge < -0.3 is 15.0 Å². The van der Waals surface area contributed by atoms with Gasteiger partial charge in [0.05, 0.1) is 18.7 Å². The molecule has 3 aromatic rings. The summed E-state index contributed by atoms with van der Waals surface area (Å²) in [6, 6.07) is 18.6. The monoisotopic (exact) mass is 414 g/mol. The van der Waals surface area contributed by atoms with Crippen molar-refractivity contribution < 1.29 is 22.7 Å². The van der Waals surface area contributed by atoms with Gasteiger partial charge in [-0.3, -0.25) is 0 Å². The number of halogens is 3. The van der Waals surface area contributed by atoms with Gasteiger partial charge in [0.1, 0.15) is 6.10 Å². The average Bonchev–Trinajstić information content (AvgIpc) is 2.77. The van der Waals surface area contributed by atoms with E-state index in [-0.39, 0.29) is 12.6 Å². The summed E-state index contributed by atoms with van der Waals surface area (Å²) in [5.41, 5.74) is 0.940. The third-order valence-electron chi connectivity index (χ3n) is 5.27. The summed E-state index contributed by atoms with van der Waals surface area (Å²) in [7, 11) is 0. The highest BCUT2D eigenvalue weighted by molar-refractivity contribution is 5.86. The quantitative estimate of drug-likeness (QED) is 0.645. The lowest BCUT2D eigenvalue weighted by atomic mass is 10.0. The van der Waals surface area contributed by atoms with E-state index in [2.05, 4.69) is 5.32 Å². The first-order valence-electron chi connectivity index (χ1n) is 9.70. The number of carbonyl (C=O) groups is 1. The Morgan fingerprint density at radius 3 is 2.53 bits per heavy atom.